The maximum Gasteiger partial charge on any atom is 0.139 e. The number of aliphatic hydroxyl groups is 1. The van der Waals surface area contributed by atoms with Crippen molar-refractivity contribution in [1.29, 1.82) is 0 Å². The van der Waals surface area contributed by atoms with Gasteiger partial charge in [0.1, 0.15) is 5.84 Å². The Kier molecular flexibility index (Phi) is 4.84. The molecule has 0 unspecified atom stereocenters. The van der Waals surface area contributed by atoms with Crippen molar-refractivity contribution in [3.63, 3.8) is 0 Å². The van der Waals surface area contributed by atoms with Crippen molar-refractivity contribution in [2.75, 3.05) is 19.7 Å². The van der Waals surface area contributed by atoms with Crippen LogP contribution in [0.4, 0.5) is 0 Å². The lowest BCUT2D eigenvalue weighted by Gasteiger charge is -2.14. The first-order valence-electron chi connectivity index (χ1n) is 5.50. The molecule has 0 aromatic carbocycles. The Balaban J connectivity index is 1.97. The Labute approximate surface area is 90.3 Å². The van der Waals surface area contributed by atoms with Crippen molar-refractivity contribution in [3.05, 3.63) is 0 Å². The highest BCUT2D eigenvalue weighted by Gasteiger charge is 2.40. The molecule has 1 aliphatic rings. The largest absolute Gasteiger partial charge is 0.409 e. The molecule has 0 atom stereocenters. The third-order valence-electron chi connectivity index (χ3n) is 3.01. The molecule has 0 bridgehead atoms. The molecular weight excluding hydrogens is 194 g/mol. The summed E-state index contributed by atoms with van der Waals surface area (Å²) in [7, 11) is 0. The second-order valence-electron chi connectivity index (χ2n) is 4.35. The molecule has 5 nitrogen and oxygen atoms in total. The molecule has 1 saturated carbocycles. The van der Waals surface area contributed by atoms with E-state index in [1.165, 1.54) is 12.8 Å². The van der Waals surface area contributed by atoms with Gasteiger partial charge in [0.25, 0.3) is 0 Å². The zero-order valence-electron chi connectivity index (χ0n) is 9.08. The summed E-state index contributed by atoms with van der Waals surface area (Å²) in [6.07, 6.45) is 4.85. The molecule has 15 heavy (non-hydrogen) atoms. The van der Waals surface area contributed by atoms with Crippen molar-refractivity contribution < 1.29 is 10.3 Å². The first-order valence-corrected chi connectivity index (χ1v) is 5.50. The third kappa shape index (κ3) is 4.48. The molecule has 0 saturated heterocycles. The van der Waals surface area contributed by atoms with Gasteiger partial charge in [-0.2, -0.15) is 0 Å². The lowest BCUT2D eigenvalue weighted by Crippen LogP contribution is -2.26. The minimum atomic E-state index is 0.284. The number of nitrogens with zero attached hydrogens (tertiary/aromatic N) is 1. The fraction of sp³-hybridized carbons (Fsp3) is 0.900. The van der Waals surface area contributed by atoms with Crippen molar-refractivity contribution >= 4 is 5.84 Å². The van der Waals surface area contributed by atoms with Crippen LogP contribution in [0.15, 0.2) is 5.16 Å². The molecule has 1 aliphatic carbocycles. The standard InChI is InChI=1S/C10H21N3O2/c11-9(13-15)2-1-6-12-8-10(3-4-10)5-7-14/h12,14-15H,1-8H2,(H2,11,13). The zero-order chi connectivity index (χ0) is 11.1. The van der Waals surface area contributed by atoms with Gasteiger partial charge in [-0.15, -0.1) is 0 Å². The maximum absolute atomic E-state index is 8.86. The van der Waals surface area contributed by atoms with Gasteiger partial charge in [-0.25, -0.2) is 0 Å². The summed E-state index contributed by atoms with van der Waals surface area (Å²) in [6.45, 7) is 2.14. The Morgan fingerprint density at radius 3 is 2.73 bits per heavy atom. The Hall–Kier alpha value is -0.810. The van der Waals surface area contributed by atoms with E-state index in [1.807, 2.05) is 0 Å². The fourth-order valence-corrected chi connectivity index (χ4v) is 1.73. The number of hydrogen-bond acceptors (Lipinski definition) is 4. The number of nitrogens with one attached hydrogen (secondary N) is 1. The number of rotatable bonds is 8. The second-order valence-corrected chi connectivity index (χ2v) is 4.35. The van der Waals surface area contributed by atoms with E-state index in [0.29, 0.717) is 11.8 Å². The van der Waals surface area contributed by atoms with Crippen molar-refractivity contribution in [2.24, 2.45) is 16.3 Å². The molecule has 0 amide bonds. The quantitative estimate of drug-likeness (QED) is 0.154. The van der Waals surface area contributed by atoms with E-state index in [2.05, 4.69) is 10.5 Å². The van der Waals surface area contributed by atoms with E-state index in [1.54, 1.807) is 0 Å². The molecule has 88 valence electrons. The van der Waals surface area contributed by atoms with Crippen LogP contribution in [0.1, 0.15) is 32.1 Å². The van der Waals surface area contributed by atoms with Gasteiger partial charge >= 0.3 is 0 Å². The van der Waals surface area contributed by atoms with Gasteiger partial charge in [0, 0.05) is 19.6 Å². The molecule has 5 heteroatoms. The summed E-state index contributed by atoms with van der Waals surface area (Å²) in [6, 6.07) is 0. The van der Waals surface area contributed by atoms with Crippen LogP contribution < -0.4 is 11.1 Å². The third-order valence-corrected chi connectivity index (χ3v) is 3.01. The monoisotopic (exact) mass is 215 g/mol. The predicted molar refractivity (Wildman–Crippen MR) is 58.9 cm³/mol. The van der Waals surface area contributed by atoms with E-state index in [0.717, 1.165) is 25.9 Å². The van der Waals surface area contributed by atoms with E-state index < -0.39 is 0 Å². The minimum absolute atomic E-state index is 0.284. The second kappa shape index (κ2) is 5.92. The lowest BCUT2D eigenvalue weighted by atomic mass is 10.0. The van der Waals surface area contributed by atoms with Crippen LogP contribution >= 0.6 is 0 Å². The van der Waals surface area contributed by atoms with Crippen LogP contribution in [-0.2, 0) is 0 Å². The summed E-state index contributed by atoms with van der Waals surface area (Å²) < 4.78 is 0. The van der Waals surface area contributed by atoms with Crippen LogP contribution in [0.2, 0.25) is 0 Å². The van der Waals surface area contributed by atoms with E-state index in [-0.39, 0.29) is 12.4 Å². The molecule has 1 rings (SSSR count). The van der Waals surface area contributed by atoms with Gasteiger partial charge in [0.05, 0.1) is 0 Å². The molecule has 0 aromatic rings. The highest BCUT2D eigenvalue weighted by Crippen LogP contribution is 2.47. The summed E-state index contributed by atoms with van der Waals surface area (Å²) in [4.78, 5) is 0. The lowest BCUT2D eigenvalue weighted by molar-refractivity contribution is 0.245. The van der Waals surface area contributed by atoms with Crippen LogP contribution in [0.3, 0.4) is 0 Å². The van der Waals surface area contributed by atoms with Crippen molar-refractivity contribution in [2.45, 2.75) is 32.1 Å². The first kappa shape index (κ1) is 12.3. The molecule has 0 spiro atoms. The molecule has 0 aliphatic heterocycles. The Morgan fingerprint density at radius 2 is 2.20 bits per heavy atom. The topological polar surface area (TPSA) is 90.9 Å². The molecule has 0 radical (unpaired) electrons. The number of oxime groups is 1. The Bertz CT molecular complexity index is 215. The Morgan fingerprint density at radius 1 is 1.47 bits per heavy atom. The average molecular weight is 215 g/mol. The van der Waals surface area contributed by atoms with Gasteiger partial charge in [-0.05, 0) is 37.6 Å². The van der Waals surface area contributed by atoms with Crippen molar-refractivity contribution in [1.82, 2.24) is 5.32 Å². The average Bonchev–Trinajstić information content (AvgIpc) is 2.98. The number of nitrogens with two attached hydrogens (primary N) is 1. The van der Waals surface area contributed by atoms with Gasteiger partial charge in [0.2, 0.25) is 0 Å². The van der Waals surface area contributed by atoms with E-state index in [9.17, 15) is 0 Å². The zero-order valence-corrected chi connectivity index (χ0v) is 9.08. The SMILES string of the molecule is NC(CCCNCC1(CCO)CC1)=NO. The van der Waals surface area contributed by atoms with E-state index in [4.69, 9.17) is 16.0 Å². The minimum Gasteiger partial charge on any atom is -0.409 e. The smallest absolute Gasteiger partial charge is 0.139 e. The van der Waals surface area contributed by atoms with Gasteiger partial charge in [-0.3, -0.25) is 0 Å². The van der Waals surface area contributed by atoms with Crippen LogP contribution in [0.25, 0.3) is 0 Å². The number of hydrogen-bond donors (Lipinski definition) is 4. The molecular formula is C10H21N3O2. The summed E-state index contributed by atoms with van der Waals surface area (Å²) in [5, 5.41) is 23.4. The molecule has 0 aromatic heterocycles. The fourth-order valence-electron chi connectivity index (χ4n) is 1.73. The predicted octanol–water partition coefficient (Wildman–Crippen LogP) is 0.265. The molecule has 1 fully saturated rings. The number of aliphatic hydroxyl groups excluding tert-OH is 1. The van der Waals surface area contributed by atoms with E-state index >= 15 is 0 Å². The highest BCUT2D eigenvalue weighted by atomic mass is 16.4. The van der Waals surface area contributed by atoms with Crippen LogP contribution in [0, 0.1) is 5.41 Å². The molecule has 0 heterocycles. The van der Waals surface area contributed by atoms with Gasteiger partial charge < -0.3 is 21.4 Å². The number of amidine groups is 1. The summed E-state index contributed by atoms with van der Waals surface area (Å²) in [5.74, 6) is 0.285. The maximum atomic E-state index is 8.86. The summed E-state index contributed by atoms with van der Waals surface area (Å²) >= 11 is 0. The van der Waals surface area contributed by atoms with Crippen LogP contribution in [-0.4, -0.2) is 35.8 Å². The van der Waals surface area contributed by atoms with Gasteiger partial charge in [-0.1, -0.05) is 5.16 Å². The first-order chi connectivity index (χ1) is 7.22. The van der Waals surface area contributed by atoms with Crippen LogP contribution in [0.5, 0.6) is 0 Å². The van der Waals surface area contributed by atoms with Gasteiger partial charge in [0.15, 0.2) is 0 Å². The normalized spacial score (nSPS) is 19.1. The van der Waals surface area contributed by atoms with Crippen molar-refractivity contribution in [3.8, 4) is 0 Å². The molecule has 5 N–H and O–H groups in total. The summed E-state index contributed by atoms with van der Waals surface area (Å²) in [5.41, 5.74) is 5.71. The highest BCUT2D eigenvalue weighted by molar-refractivity contribution is 5.79.